The highest BCUT2D eigenvalue weighted by molar-refractivity contribution is 5.92. The van der Waals surface area contributed by atoms with Gasteiger partial charge in [-0.05, 0) is 83.9 Å². The summed E-state index contributed by atoms with van der Waals surface area (Å²) in [5.74, 6) is 0. The summed E-state index contributed by atoms with van der Waals surface area (Å²) in [5.41, 5.74) is 16.0. The molecule has 0 fully saturated rings. The summed E-state index contributed by atoms with van der Waals surface area (Å²) in [6.07, 6.45) is 20.5. The van der Waals surface area contributed by atoms with Gasteiger partial charge in [-0.1, -0.05) is 180 Å². The average Bonchev–Trinajstić information content (AvgIpc) is 3.31. The fraction of sp³-hybridized carbons (Fsp3) is 0.167. The number of rotatable bonds is 8. The van der Waals surface area contributed by atoms with E-state index in [-0.39, 0.29) is 5.41 Å². The second-order valence-corrected chi connectivity index (χ2v) is 11.9. The van der Waals surface area contributed by atoms with Gasteiger partial charge < -0.3 is 11.1 Å². The number of fused-ring (bicyclic) bond motifs is 2. The van der Waals surface area contributed by atoms with Crippen LogP contribution in [0.3, 0.4) is 0 Å². The molecule has 0 bridgehead atoms. The van der Waals surface area contributed by atoms with E-state index in [0.717, 1.165) is 27.9 Å². The number of allylic oxidation sites excluding steroid dienone is 13. The van der Waals surface area contributed by atoms with Crippen LogP contribution in [-0.2, 0) is 0 Å². The third-order valence-corrected chi connectivity index (χ3v) is 8.14. The van der Waals surface area contributed by atoms with Gasteiger partial charge in [-0.3, -0.25) is 0 Å². The van der Waals surface area contributed by atoms with Crippen molar-refractivity contribution < 1.29 is 0 Å². The van der Waals surface area contributed by atoms with E-state index in [2.05, 4.69) is 131 Å². The number of benzene rings is 4. The van der Waals surface area contributed by atoms with Crippen LogP contribution in [-0.4, -0.2) is 0 Å². The van der Waals surface area contributed by atoms with Crippen LogP contribution in [0.1, 0.15) is 59.6 Å². The van der Waals surface area contributed by atoms with Crippen molar-refractivity contribution in [1.82, 2.24) is 0 Å². The standard InChI is InChI=1S/C19H17N.C17H24.C10H9N.C2H6/c1-15-11-12-16-7-5-6-10-19(16)17(13-15)14-20-18-8-3-2-4-9-18;1-8-12-15(13-9-2)16(11-4)17(6,7)14(5)10-3;11-10-7-3-5-8-4-1-2-6-9(8)10;1-2/h2-14,20H,1H3;8-13H,1,3,5H2,2,4,6-7H3;1-7H,11H2;1-2H3/b17-14-;13-9-,15-12-,16-11+;;. The molecule has 3 N–H and O–H groups in total. The van der Waals surface area contributed by atoms with Crippen molar-refractivity contribution in [3.05, 3.63) is 205 Å². The zero-order chi connectivity index (χ0) is 36.9. The van der Waals surface area contributed by atoms with Crippen molar-refractivity contribution in [1.29, 1.82) is 0 Å². The molecule has 0 atom stereocenters. The van der Waals surface area contributed by atoms with Gasteiger partial charge in [0.05, 0.1) is 0 Å². The summed E-state index contributed by atoms with van der Waals surface area (Å²) in [5, 5.41) is 5.70. The Kier molecular flexibility index (Phi) is 17.4. The Morgan fingerprint density at radius 2 is 1.44 bits per heavy atom. The Balaban J connectivity index is 0.000000263. The van der Waals surface area contributed by atoms with Gasteiger partial charge in [-0.2, -0.15) is 0 Å². The van der Waals surface area contributed by atoms with Crippen LogP contribution in [0.2, 0.25) is 0 Å². The molecule has 1 aliphatic rings. The minimum absolute atomic E-state index is 0.120. The van der Waals surface area contributed by atoms with Crippen LogP contribution in [0.5, 0.6) is 0 Å². The van der Waals surface area contributed by atoms with Crippen molar-refractivity contribution >= 4 is 33.8 Å². The summed E-state index contributed by atoms with van der Waals surface area (Å²) >= 11 is 0. The fourth-order valence-corrected chi connectivity index (χ4v) is 5.42. The fourth-order valence-electron chi connectivity index (χ4n) is 5.42. The molecule has 4 aromatic rings. The van der Waals surface area contributed by atoms with Crippen LogP contribution >= 0.6 is 0 Å². The molecule has 0 amide bonds. The van der Waals surface area contributed by atoms with E-state index >= 15 is 0 Å². The minimum atomic E-state index is -0.120. The molecule has 5 rings (SSSR count). The van der Waals surface area contributed by atoms with Crippen molar-refractivity contribution in [2.45, 2.75) is 48.5 Å². The van der Waals surface area contributed by atoms with Gasteiger partial charge >= 0.3 is 0 Å². The number of para-hydroxylation sites is 1. The maximum absolute atomic E-state index is 5.76. The molecule has 4 aromatic carbocycles. The summed E-state index contributed by atoms with van der Waals surface area (Å²) in [7, 11) is 0. The lowest BCUT2D eigenvalue weighted by molar-refractivity contribution is 0.562. The maximum Gasteiger partial charge on any atom is 0.0393 e. The zero-order valence-electron chi connectivity index (χ0n) is 31.2. The number of nitrogen functional groups attached to an aromatic ring is 1. The molecule has 2 heteroatoms. The van der Waals surface area contributed by atoms with Crippen LogP contribution in [0.15, 0.2) is 194 Å². The molecule has 0 spiro atoms. The largest absolute Gasteiger partial charge is 0.398 e. The van der Waals surface area contributed by atoms with Crippen molar-refractivity contribution in [3.63, 3.8) is 0 Å². The second kappa shape index (κ2) is 21.4. The second-order valence-electron chi connectivity index (χ2n) is 11.9. The SMILES string of the molecule is C=C/C=C(/C=C\C)C(=C/C)\C(C)(C)C(=C)C=C.CC.CC1=C/C(=C/Nc2ccccc2)c2ccccc2C=C1.Nc1cccc2ccccc12. The molecule has 258 valence electrons. The van der Waals surface area contributed by atoms with Crippen molar-refractivity contribution in [2.75, 3.05) is 11.1 Å². The first-order chi connectivity index (χ1) is 24.2. The Morgan fingerprint density at radius 1 is 0.800 bits per heavy atom. The number of nitrogens with one attached hydrogen (secondary N) is 1. The van der Waals surface area contributed by atoms with Crippen LogP contribution < -0.4 is 11.1 Å². The Morgan fingerprint density at radius 3 is 2.08 bits per heavy atom. The first-order valence-electron chi connectivity index (χ1n) is 17.3. The topological polar surface area (TPSA) is 38.0 Å². The Bertz CT molecular complexity index is 1880. The molecule has 2 nitrogen and oxygen atoms in total. The van der Waals surface area contributed by atoms with Gasteiger partial charge in [-0.15, -0.1) is 0 Å². The first-order valence-corrected chi connectivity index (χ1v) is 17.3. The molecular formula is C48H56N2. The van der Waals surface area contributed by atoms with Crippen molar-refractivity contribution in [2.24, 2.45) is 5.41 Å². The van der Waals surface area contributed by atoms with Gasteiger partial charge in [0.25, 0.3) is 0 Å². The zero-order valence-corrected chi connectivity index (χ0v) is 31.2. The van der Waals surface area contributed by atoms with E-state index < -0.39 is 0 Å². The maximum atomic E-state index is 5.76. The Labute approximate surface area is 302 Å². The van der Waals surface area contributed by atoms with Gasteiger partial charge in [0.2, 0.25) is 0 Å². The monoisotopic (exact) mass is 660 g/mol. The molecule has 0 heterocycles. The van der Waals surface area contributed by atoms with Crippen LogP contribution in [0.25, 0.3) is 22.4 Å². The van der Waals surface area contributed by atoms with Gasteiger partial charge in [-0.25, -0.2) is 0 Å². The van der Waals surface area contributed by atoms with Crippen molar-refractivity contribution in [3.8, 4) is 0 Å². The van der Waals surface area contributed by atoms with E-state index in [0.29, 0.717) is 0 Å². The van der Waals surface area contributed by atoms with Gasteiger partial charge in [0, 0.05) is 28.4 Å². The lowest BCUT2D eigenvalue weighted by Crippen LogP contribution is -2.17. The average molecular weight is 661 g/mol. The summed E-state index contributed by atoms with van der Waals surface area (Å²) in [6.45, 7) is 26.2. The predicted molar refractivity (Wildman–Crippen MR) is 227 cm³/mol. The van der Waals surface area contributed by atoms with E-state index in [9.17, 15) is 0 Å². The smallest absolute Gasteiger partial charge is 0.0393 e. The number of hydrogen-bond acceptors (Lipinski definition) is 2. The lowest BCUT2D eigenvalue weighted by Gasteiger charge is -2.30. The van der Waals surface area contributed by atoms with Gasteiger partial charge in [0.15, 0.2) is 0 Å². The summed E-state index contributed by atoms with van der Waals surface area (Å²) < 4.78 is 0. The minimum Gasteiger partial charge on any atom is -0.398 e. The highest BCUT2D eigenvalue weighted by Crippen LogP contribution is 2.39. The third kappa shape index (κ3) is 11.8. The van der Waals surface area contributed by atoms with Gasteiger partial charge in [0.1, 0.15) is 0 Å². The first kappa shape index (κ1) is 40.6. The molecule has 0 unspecified atom stereocenters. The molecule has 0 radical (unpaired) electrons. The lowest BCUT2D eigenvalue weighted by atomic mass is 9.74. The van der Waals surface area contributed by atoms with E-state index in [1.165, 1.54) is 33.2 Å². The van der Waals surface area contributed by atoms with E-state index in [4.69, 9.17) is 5.73 Å². The molecule has 0 aromatic heterocycles. The quantitative estimate of drug-likeness (QED) is 0.146. The summed E-state index contributed by atoms with van der Waals surface area (Å²) in [4.78, 5) is 0. The van der Waals surface area contributed by atoms with E-state index in [1.54, 1.807) is 0 Å². The van der Waals surface area contributed by atoms with E-state index in [1.807, 2.05) is 101 Å². The summed E-state index contributed by atoms with van der Waals surface area (Å²) in [6, 6.07) is 32.7. The number of nitrogens with two attached hydrogens (primary N) is 1. The molecular weight excluding hydrogens is 605 g/mol. The number of hydrogen-bond donors (Lipinski definition) is 2. The predicted octanol–water partition coefficient (Wildman–Crippen LogP) is 14.0. The number of anilines is 2. The highest BCUT2D eigenvalue weighted by atomic mass is 14.8. The van der Waals surface area contributed by atoms with Crippen LogP contribution in [0.4, 0.5) is 11.4 Å². The molecule has 50 heavy (non-hydrogen) atoms. The molecule has 1 aliphatic carbocycles. The Hall–Kier alpha value is -5.60. The molecule has 0 aliphatic heterocycles. The molecule has 0 saturated carbocycles. The highest BCUT2D eigenvalue weighted by Gasteiger charge is 2.25. The normalized spacial score (nSPS) is 13.3. The molecule has 0 saturated heterocycles. The third-order valence-electron chi connectivity index (χ3n) is 8.14. The van der Waals surface area contributed by atoms with Crippen LogP contribution in [0, 0.1) is 5.41 Å².